The number of rotatable bonds is 11. The molecule has 0 bridgehead atoms. The summed E-state index contributed by atoms with van der Waals surface area (Å²) < 4.78 is 27.5. The fourth-order valence-corrected chi connectivity index (χ4v) is 5.07. The van der Waals surface area contributed by atoms with Crippen molar-refractivity contribution in [3.05, 3.63) is 88.4 Å². The number of esters is 2. The van der Waals surface area contributed by atoms with E-state index in [0.717, 1.165) is 5.56 Å². The van der Waals surface area contributed by atoms with Crippen molar-refractivity contribution < 1.29 is 47.7 Å². The third-order valence-corrected chi connectivity index (χ3v) is 7.60. The topological polar surface area (TPSA) is 180 Å². The highest BCUT2D eigenvalue weighted by molar-refractivity contribution is 6.31. The van der Waals surface area contributed by atoms with Crippen LogP contribution in [0.4, 0.5) is 15.3 Å². The minimum atomic E-state index is -0.978. The lowest BCUT2D eigenvalue weighted by Crippen LogP contribution is -2.46. The summed E-state index contributed by atoms with van der Waals surface area (Å²) in [6, 6.07) is 16.8. The summed E-state index contributed by atoms with van der Waals surface area (Å²) in [5, 5.41) is 8.16. The first kappa shape index (κ1) is 47.7. The molecule has 0 aliphatic carbocycles. The summed E-state index contributed by atoms with van der Waals surface area (Å²) in [7, 11) is 0. The van der Waals surface area contributed by atoms with Gasteiger partial charge in [-0.25, -0.2) is 19.2 Å². The van der Waals surface area contributed by atoms with E-state index < -0.39 is 52.9 Å². The number of aliphatic imine (C=N–C) groups is 1. The van der Waals surface area contributed by atoms with Gasteiger partial charge in [-0.1, -0.05) is 50.6 Å². The summed E-state index contributed by atoms with van der Waals surface area (Å²) in [5.74, 6) is -1.19. The Hall–Kier alpha value is -5.63. The van der Waals surface area contributed by atoms with Crippen LogP contribution in [0.15, 0.2) is 71.7 Å². The third-order valence-electron chi connectivity index (χ3n) is 7.25. The normalized spacial score (nSPS) is 12.7. The van der Waals surface area contributed by atoms with Gasteiger partial charge in [0.1, 0.15) is 34.3 Å². The zero-order valence-electron chi connectivity index (χ0n) is 36.0. The predicted molar refractivity (Wildman–Crippen MR) is 226 cm³/mol. The molecule has 3 aromatic carbocycles. The number of benzene rings is 3. The standard InChI is InChI=1S/C44H57ClN4O10/c1-41(2,3)26-55-31-20-13-27(14-21-31)23-34(37(52)57-42(4,5)6)47-35(50)24-29-17-22-32(25-33(29)45)56-36(51)28-15-18-30(19-16-28)46-38(48-39(53)58-43(7,8)9)49-40(54)59-44(10,11)12/h13-22,25,34H,23-24,26H2,1-12H3,(H,47,50)(H2,46,48,49,53,54)/t34-/m0/s1. The van der Waals surface area contributed by atoms with Gasteiger partial charge in [0.05, 0.1) is 18.6 Å². The van der Waals surface area contributed by atoms with Gasteiger partial charge < -0.3 is 34.3 Å². The van der Waals surface area contributed by atoms with E-state index in [1.165, 1.54) is 36.4 Å². The summed E-state index contributed by atoms with van der Waals surface area (Å²) >= 11 is 6.53. The maximum absolute atomic E-state index is 13.3. The lowest BCUT2D eigenvalue weighted by molar-refractivity contribution is -0.158. The van der Waals surface area contributed by atoms with Crippen LogP contribution < -0.4 is 25.4 Å². The number of halogens is 1. The molecule has 1 atom stereocenters. The first-order valence-corrected chi connectivity index (χ1v) is 19.4. The molecule has 0 aliphatic heterocycles. The quantitative estimate of drug-likeness (QED) is 0.0552. The second-order valence-electron chi connectivity index (χ2n) is 17.9. The molecule has 0 aromatic heterocycles. The Bertz CT molecular complexity index is 1990. The van der Waals surface area contributed by atoms with Gasteiger partial charge in [-0.15, -0.1) is 4.99 Å². The molecule has 0 heterocycles. The Morgan fingerprint density at radius 1 is 0.712 bits per heavy atom. The van der Waals surface area contributed by atoms with E-state index in [0.29, 0.717) is 23.6 Å². The van der Waals surface area contributed by atoms with Crippen molar-refractivity contribution in [2.45, 2.75) is 119 Å². The average molecular weight is 837 g/mol. The van der Waals surface area contributed by atoms with Gasteiger partial charge in [0, 0.05) is 17.1 Å². The van der Waals surface area contributed by atoms with Gasteiger partial charge in [0.2, 0.25) is 11.9 Å². The van der Waals surface area contributed by atoms with Gasteiger partial charge >= 0.3 is 24.1 Å². The van der Waals surface area contributed by atoms with Crippen molar-refractivity contribution in [3.8, 4) is 11.5 Å². The molecule has 3 N–H and O–H groups in total. The lowest BCUT2D eigenvalue weighted by atomic mass is 9.99. The Morgan fingerprint density at radius 2 is 1.29 bits per heavy atom. The van der Waals surface area contributed by atoms with E-state index in [4.69, 9.17) is 35.3 Å². The smallest absolute Gasteiger partial charge is 0.437 e. The molecule has 0 unspecified atom stereocenters. The highest BCUT2D eigenvalue weighted by atomic mass is 35.5. The van der Waals surface area contributed by atoms with Crippen molar-refractivity contribution >= 4 is 53.3 Å². The highest BCUT2D eigenvalue weighted by Crippen LogP contribution is 2.25. The Morgan fingerprint density at radius 3 is 1.83 bits per heavy atom. The molecule has 0 saturated carbocycles. The number of anilines is 1. The minimum Gasteiger partial charge on any atom is -0.493 e. The molecule has 0 spiro atoms. The van der Waals surface area contributed by atoms with Crippen LogP contribution in [0.25, 0.3) is 0 Å². The molecule has 59 heavy (non-hydrogen) atoms. The lowest BCUT2D eigenvalue weighted by Gasteiger charge is -2.25. The SMILES string of the molecule is CC(C)(C)COc1ccc(C[C@H](NC(=O)Cc2ccc(OC(=O)c3ccc(N/C(=N\C(=O)OC(C)(C)C)NC(=O)OC(C)(C)C)cc3)cc2Cl)C(=O)OC(C)(C)C)cc1. The Kier molecular flexibility index (Phi) is 16.1. The summed E-state index contributed by atoms with van der Waals surface area (Å²) in [6.07, 6.45) is -1.79. The number of carbonyl (C=O) groups is 5. The highest BCUT2D eigenvalue weighted by Gasteiger charge is 2.28. The van der Waals surface area contributed by atoms with Crippen LogP contribution in [0, 0.1) is 5.41 Å². The molecule has 3 amide bonds. The second-order valence-corrected chi connectivity index (χ2v) is 18.3. The van der Waals surface area contributed by atoms with Crippen LogP contribution in [-0.2, 0) is 36.6 Å². The van der Waals surface area contributed by atoms with Crippen LogP contribution >= 0.6 is 11.6 Å². The Balaban J connectivity index is 1.67. The number of alkyl carbamates (subject to hydrolysis) is 1. The second kappa shape index (κ2) is 19.9. The van der Waals surface area contributed by atoms with Crippen molar-refractivity contribution in [3.63, 3.8) is 0 Å². The molecule has 0 aliphatic rings. The monoisotopic (exact) mass is 836 g/mol. The minimum absolute atomic E-state index is 0.00736. The van der Waals surface area contributed by atoms with Gasteiger partial charge in [-0.2, -0.15) is 0 Å². The van der Waals surface area contributed by atoms with Crippen LogP contribution in [0.2, 0.25) is 5.02 Å². The van der Waals surface area contributed by atoms with Crippen LogP contribution in [0.1, 0.15) is 105 Å². The zero-order chi connectivity index (χ0) is 44.3. The van der Waals surface area contributed by atoms with Crippen LogP contribution in [0.3, 0.4) is 0 Å². The largest absolute Gasteiger partial charge is 0.493 e. The Labute approximate surface area is 351 Å². The summed E-state index contributed by atoms with van der Waals surface area (Å²) in [6.45, 7) is 22.1. The molecule has 0 saturated heterocycles. The van der Waals surface area contributed by atoms with Crippen molar-refractivity contribution in [2.75, 3.05) is 11.9 Å². The van der Waals surface area contributed by atoms with Crippen LogP contribution in [-0.4, -0.2) is 65.4 Å². The fraction of sp³-hybridized carbons (Fsp3) is 0.455. The first-order chi connectivity index (χ1) is 27.1. The van der Waals surface area contributed by atoms with E-state index in [1.54, 1.807) is 68.4 Å². The van der Waals surface area contributed by atoms with Crippen molar-refractivity contribution in [1.82, 2.24) is 10.6 Å². The molecule has 320 valence electrons. The van der Waals surface area contributed by atoms with Gasteiger partial charge in [-0.05, 0) is 127 Å². The molecule has 0 fully saturated rings. The molecular formula is C44H57ClN4O10. The maximum Gasteiger partial charge on any atom is 0.437 e. The van der Waals surface area contributed by atoms with E-state index in [2.05, 4.69) is 41.7 Å². The van der Waals surface area contributed by atoms with Crippen LogP contribution in [0.5, 0.6) is 11.5 Å². The number of carbonyl (C=O) groups excluding carboxylic acids is 5. The molecule has 3 aromatic rings. The van der Waals surface area contributed by atoms with Crippen molar-refractivity contribution in [2.24, 2.45) is 10.4 Å². The number of amides is 3. The van der Waals surface area contributed by atoms with Gasteiger partial charge in [0.15, 0.2) is 0 Å². The first-order valence-electron chi connectivity index (χ1n) is 19.1. The number of hydrogen-bond donors (Lipinski definition) is 3. The summed E-state index contributed by atoms with van der Waals surface area (Å²) in [4.78, 5) is 68.2. The third kappa shape index (κ3) is 18.7. The molecule has 0 radical (unpaired) electrons. The number of ether oxygens (including phenoxy) is 5. The summed E-state index contributed by atoms with van der Waals surface area (Å²) in [5.41, 5.74) is -0.665. The maximum atomic E-state index is 13.3. The van der Waals surface area contributed by atoms with E-state index >= 15 is 0 Å². The van der Waals surface area contributed by atoms with Gasteiger partial charge in [0.25, 0.3) is 0 Å². The van der Waals surface area contributed by atoms with Gasteiger partial charge in [-0.3, -0.25) is 10.1 Å². The molecule has 15 heteroatoms. The zero-order valence-corrected chi connectivity index (χ0v) is 36.7. The van der Waals surface area contributed by atoms with E-state index in [1.807, 2.05) is 24.3 Å². The van der Waals surface area contributed by atoms with Crippen molar-refractivity contribution in [1.29, 1.82) is 0 Å². The molecule has 14 nitrogen and oxygen atoms in total. The van der Waals surface area contributed by atoms with E-state index in [-0.39, 0.29) is 40.6 Å². The predicted octanol–water partition coefficient (Wildman–Crippen LogP) is 8.82. The number of nitrogens with zero attached hydrogens (tertiary/aromatic N) is 1. The number of hydrogen-bond acceptors (Lipinski definition) is 10. The molecule has 3 rings (SSSR count). The molecular weight excluding hydrogens is 780 g/mol. The fourth-order valence-electron chi connectivity index (χ4n) is 4.83. The van der Waals surface area contributed by atoms with E-state index in [9.17, 15) is 24.0 Å². The number of guanidine groups is 1. The number of nitrogens with one attached hydrogen (secondary N) is 3. The average Bonchev–Trinajstić information content (AvgIpc) is 3.06.